The Balaban J connectivity index is 1.73. The zero-order valence-corrected chi connectivity index (χ0v) is 30.3. The van der Waals surface area contributed by atoms with Crippen molar-refractivity contribution in [3.05, 3.63) is 0 Å². The monoisotopic (exact) mass is 657 g/mol. The SMILES string of the molecule is CCCCCCCCSC(S)CCC(=O)OCCC1(CCOC(=O)CC2(C)CCC(CC)CC2)CCN(CCCCO)CC1. The van der Waals surface area contributed by atoms with Crippen molar-refractivity contribution in [2.45, 2.75) is 154 Å². The van der Waals surface area contributed by atoms with Crippen LogP contribution >= 0.6 is 24.4 Å². The summed E-state index contributed by atoms with van der Waals surface area (Å²) in [6.45, 7) is 10.9. The molecule has 0 aromatic carbocycles. The van der Waals surface area contributed by atoms with Crippen LogP contribution in [-0.4, -0.2) is 71.7 Å². The number of carbonyl (C=O) groups is 2. The molecule has 1 atom stereocenters. The van der Waals surface area contributed by atoms with Gasteiger partial charge in [0.1, 0.15) is 0 Å². The van der Waals surface area contributed by atoms with E-state index in [1.807, 2.05) is 11.8 Å². The maximum absolute atomic E-state index is 12.9. The first kappa shape index (κ1) is 39.7. The Kier molecular flexibility index (Phi) is 20.8. The summed E-state index contributed by atoms with van der Waals surface area (Å²) in [4.78, 5) is 27.9. The Bertz CT molecular complexity index is 766. The van der Waals surface area contributed by atoms with E-state index < -0.39 is 0 Å². The standard InChI is InChI=1S/C36H67NO5S2/c1-4-6-7-8-9-12-29-44-34(43)14-13-32(39)41-27-21-36(19-24-37(25-20-36)23-10-11-26-38)22-28-42-33(40)30-35(3)17-15-31(5-2)16-18-35/h31,34,38,43H,4-30H2,1-3H3. The summed E-state index contributed by atoms with van der Waals surface area (Å²) in [7, 11) is 0. The quantitative estimate of drug-likeness (QED) is 0.0465. The number of carbonyl (C=O) groups excluding carboxylic acids is 2. The van der Waals surface area contributed by atoms with E-state index in [0.717, 1.165) is 89.1 Å². The van der Waals surface area contributed by atoms with Crippen LogP contribution < -0.4 is 0 Å². The highest BCUT2D eigenvalue weighted by Crippen LogP contribution is 2.43. The summed E-state index contributed by atoms with van der Waals surface area (Å²) in [6, 6.07) is 0. The number of nitrogens with zero attached hydrogens (tertiary/aromatic N) is 1. The van der Waals surface area contributed by atoms with E-state index in [4.69, 9.17) is 27.2 Å². The number of likely N-dealkylation sites (tertiary alicyclic amines) is 1. The Morgan fingerprint density at radius 2 is 1.55 bits per heavy atom. The zero-order valence-electron chi connectivity index (χ0n) is 28.6. The van der Waals surface area contributed by atoms with Crippen LogP contribution in [0.15, 0.2) is 0 Å². The third kappa shape index (κ3) is 16.9. The molecule has 1 aliphatic carbocycles. The Hall–Kier alpha value is -0.440. The number of piperidine rings is 1. The zero-order chi connectivity index (χ0) is 32.1. The average Bonchev–Trinajstić information content (AvgIpc) is 3.01. The van der Waals surface area contributed by atoms with E-state index in [0.29, 0.717) is 26.1 Å². The van der Waals surface area contributed by atoms with Crippen LogP contribution in [0.5, 0.6) is 0 Å². The minimum atomic E-state index is -0.127. The molecule has 2 rings (SSSR count). The molecular weight excluding hydrogens is 591 g/mol. The van der Waals surface area contributed by atoms with Crippen molar-refractivity contribution in [3.8, 4) is 0 Å². The van der Waals surface area contributed by atoms with Crippen LogP contribution in [0.3, 0.4) is 0 Å². The van der Waals surface area contributed by atoms with Crippen LogP contribution in [0.25, 0.3) is 0 Å². The van der Waals surface area contributed by atoms with Gasteiger partial charge in [0.05, 0.1) is 19.6 Å². The molecule has 0 spiro atoms. The number of unbranched alkanes of at least 4 members (excludes halogenated alkanes) is 6. The topological polar surface area (TPSA) is 76.1 Å². The van der Waals surface area contributed by atoms with Gasteiger partial charge in [-0.2, -0.15) is 12.6 Å². The van der Waals surface area contributed by atoms with E-state index in [2.05, 4.69) is 25.7 Å². The third-order valence-corrected chi connectivity index (χ3v) is 12.3. The van der Waals surface area contributed by atoms with Crippen molar-refractivity contribution in [1.29, 1.82) is 0 Å². The van der Waals surface area contributed by atoms with Gasteiger partial charge < -0.3 is 19.5 Å². The molecule has 2 fully saturated rings. The fourth-order valence-corrected chi connectivity index (χ4v) is 8.32. The molecule has 0 bridgehead atoms. The van der Waals surface area contributed by atoms with Crippen molar-refractivity contribution >= 4 is 36.3 Å². The molecule has 1 N–H and O–H groups in total. The van der Waals surface area contributed by atoms with E-state index in [1.165, 1.54) is 57.8 Å². The van der Waals surface area contributed by atoms with Gasteiger partial charge in [-0.05, 0) is 119 Å². The Morgan fingerprint density at radius 1 is 0.909 bits per heavy atom. The Morgan fingerprint density at radius 3 is 2.18 bits per heavy atom. The number of aliphatic hydroxyl groups is 1. The summed E-state index contributed by atoms with van der Waals surface area (Å²) in [5.74, 6) is 1.74. The van der Waals surface area contributed by atoms with E-state index in [1.54, 1.807) is 0 Å². The van der Waals surface area contributed by atoms with Crippen molar-refractivity contribution in [2.75, 3.05) is 45.2 Å². The number of thiol groups is 1. The maximum Gasteiger partial charge on any atom is 0.306 e. The van der Waals surface area contributed by atoms with Gasteiger partial charge in [0.2, 0.25) is 0 Å². The molecule has 2 aliphatic rings. The summed E-state index contributed by atoms with van der Waals surface area (Å²) in [6.07, 6.45) is 20.9. The van der Waals surface area contributed by atoms with Crippen LogP contribution in [0.1, 0.15) is 149 Å². The lowest BCUT2D eigenvalue weighted by molar-refractivity contribution is -0.148. The summed E-state index contributed by atoms with van der Waals surface area (Å²) in [5, 5.41) is 9.15. The summed E-state index contributed by atoms with van der Waals surface area (Å²) in [5.41, 5.74) is 0.101. The van der Waals surface area contributed by atoms with Crippen molar-refractivity contribution < 1.29 is 24.2 Å². The molecule has 1 saturated heterocycles. The van der Waals surface area contributed by atoms with Crippen molar-refractivity contribution in [2.24, 2.45) is 16.7 Å². The van der Waals surface area contributed by atoms with Crippen LogP contribution in [0, 0.1) is 16.7 Å². The molecule has 0 amide bonds. The first-order valence-corrected chi connectivity index (χ1v) is 19.7. The molecule has 1 unspecified atom stereocenters. The second kappa shape index (κ2) is 23.0. The molecule has 1 heterocycles. The van der Waals surface area contributed by atoms with Gasteiger partial charge in [-0.3, -0.25) is 9.59 Å². The molecule has 8 heteroatoms. The van der Waals surface area contributed by atoms with Gasteiger partial charge in [0.25, 0.3) is 0 Å². The summed E-state index contributed by atoms with van der Waals surface area (Å²) >= 11 is 6.55. The van der Waals surface area contributed by atoms with Gasteiger partial charge in [0.15, 0.2) is 0 Å². The number of thioether (sulfide) groups is 1. The molecule has 6 nitrogen and oxygen atoms in total. The van der Waals surface area contributed by atoms with Crippen LogP contribution in [-0.2, 0) is 19.1 Å². The minimum absolute atomic E-state index is 0.0240. The van der Waals surface area contributed by atoms with E-state index in [9.17, 15) is 9.59 Å². The lowest BCUT2D eigenvalue weighted by Gasteiger charge is -2.42. The average molecular weight is 658 g/mol. The molecule has 44 heavy (non-hydrogen) atoms. The number of esters is 2. The first-order chi connectivity index (χ1) is 21.2. The molecule has 1 aliphatic heterocycles. The molecule has 258 valence electrons. The van der Waals surface area contributed by atoms with Crippen LogP contribution in [0.4, 0.5) is 0 Å². The molecule has 0 radical (unpaired) electrons. The van der Waals surface area contributed by atoms with Gasteiger partial charge in [-0.1, -0.05) is 59.3 Å². The highest BCUT2D eigenvalue weighted by atomic mass is 32.2. The second-order valence-electron chi connectivity index (χ2n) is 14.2. The number of hydrogen-bond donors (Lipinski definition) is 2. The predicted octanol–water partition coefficient (Wildman–Crippen LogP) is 8.83. The van der Waals surface area contributed by atoms with E-state index in [-0.39, 0.29) is 34.0 Å². The second-order valence-corrected chi connectivity index (χ2v) is 16.5. The van der Waals surface area contributed by atoms with Gasteiger partial charge in [0, 0.05) is 17.6 Å². The van der Waals surface area contributed by atoms with Gasteiger partial charge in [-0.15, -0.1) is 11.8 Å². The number of hydrogen-bond acceptors (Lipinski definition) is 8. The van der Waals surface area contributed by atoms with Gasteiger partial charge >= 0.3 is 11.9 Å². The summed E-state index contributed by atoms with van der Waals surface area (Å²) < 4.78 is 11.8. The minimum Gasteiger partial charge on any atom is -0.466 e. The van der Waals surface area contributed by atoms with Crippen LogP contribution in [0.2, 0.25) is 0 Å². The predicted molar refractivity (Wildman–Crippen MR) is 188 cm³/mol. The molecule has 0 aromatic rings. The maximum atomic E-state index is 12.9. The van der Waals surface area contributed by atoms with Gasteiger partial charge in [-0.25, -0.2) is 0 Å². The van der Waals surface area contributed by atoms with Crippen molar-refractivity contribution in [1.82, 2.24) is 4.90 Å². The lowest BCUT2D eigenvalue weighted by atomic mass is 9.69. The van der Waals surface area contributed by atoms with E-state index >= 15 is 0 Å². The fraction of sp³-hybridized carbons (Fsp3) is 0.944. The van der Waals surface area contributed by atoms with Crippen molar-refractivity contribution in [3.63, 3.8) is 0 Å². The molecule has 1 saturated carbocycles. The Labute approximate surface area is 280 Å². The largest absolute Gasteiger partial charge is 0.466 e. The highest BCUT2D eigenvalue weighted by molar-refractivity contribution is 8.10. The number of rotatable bonds is 24. The normalized spacial score (nSPS) is 22.9. The number of ether oxygens (including phenoxy) is 2. The molecular formula is C36H67NO5S2. The fourth-order valence-electron chi connectivity index (χ4n) is 6.94. The first-order valence-electron chi connectivity index (χ1n) is 18.2. The lowest BCUT2D eigenvalue weighted by Crippen LogP contribution is -2.42. The number of aliphatic hydroxyl groups excluding tert-OH is 1. The highest BCUT2D eigenvalue weighted by Gasteiger charge is 2.36. The molecule has 0 aromatic heterocycles. The third-order valence-electron chi connectivity index (χ3n) is 10.5. The smallest absolute Gasteiger partial charge is 0.306 e.